The third-order valence-corrected chi connectivity index (χ3v) is 6.48. The minimum atomic E-state index is -0.360. The number of H-pyrrole nitrogens is 1. The number of hydrogen-bond donors (Lipinski definition) is 1. The second-order valence-electron chi connectivity index (χ2n) is 7.27. The van der Waals surface area contributed by atoms with Gasteiger partial charge in [0.05, 0.1) is 5.41 Å². The Morgan fingerprint density at radius 3 is 2.78 bits per heavy atom. The molecule has 1 atom stereocenters. The SMILES string of the molecule is CC1(C)CC1(C(=O)N1CCc2cc(=O)[nH]cc2C1)c1cccs1. The molecule has 2 aromatic rings. The molecule has 1 aliphatic carbocycles. The number of carbonyl (C=O) groups is 1. The van der Waals surface area contributed by atoms with Crippen LogP contribution in [-0.2, 0) is 23.2 Å². The van der Waals surface area contributed by atoms with Crippen molar-refractivity contribution in [2.45, 2.75) is 38.6 Å². The van der Waals surface area contributed by atoms with Gasteiger partial charge in [-0.2, -0.15) is 0 Å². The van der Waals surface area contributed by atoms with E-state index >= 15 is 0 Å². The van der Waals surface area contributed by atoms with E-state index in [0.717, 1.165) is 24.0 Å². The van der Waals surface area contributed by atoms with Gasteiger partial charge in [-0.15, -0.1) is 11.3 Å². The van der Waals surface area contributed by atoms with Crippen LogP contribution in [0.4, 0.5) is 0 Å². The van der Waals surface area contributed by atoms with Gasteiger partial charge in [-0.1, -0.05) is 19.9 Å². The molecule has 1 N–H and O–H groups in total. The minimum Gasteiger partial charge on any atom is -0.337 e. The number of thiophene rings is 1. The molecule has 0 radical (unpaired) electrons. The summed E-state index contributed by atoms with van der Waals surface area (Å²) >= 11 is 1.68. The van der Waals surface area contributed by atoms with Crippen molar-refractivity contribution in [3.05, 3.63) is 56.1 Å². The summed E-state index contributed by atoms with van der Waals surface area (Å²) in [5, 5.41) is 2.05. The van der Waals surface area contributed by atoms with Crippen LogP contribution in [0.5, 0.6) is 0 Å². The van der Waals surface area contributed by atoms with Gasteiger partial charge < -0.3 is 9.88 Å². The Hall–Kier alpha value is -1.88. The molecule has 2 aliphatic rings. The van der Waals surface area contributed by atoms with Gasteiger partial charge in [-0.05, 0) is 40.8 Å². The molecule has 5 heteroatoms. The standard InChI is InChI=1S/C18H20N2O2S/c1-17(2)11-18(17,14-4-3-7-23-14)16(22)20-6-5-12-8-15(21)19-9-13(12)10-20/h3-4,7-9H,5-6,10-11H2,1-2H3,(H,19,21). The number of rotatable bonds is 2. The molecule has 0 bridgehead atoms. The summed E-state index contributed by atoms with van der Waals surface area (Å²) in [6, 6.07) is 5.78. The zero-order valence-electron chi connectivity index (χ0n) is 13.4. The molecule has 1 fully saturated rings. The highest BCUT2D eigenvalue weighted by atomic mass is 32.1. The Bertz CT molecular complexity index is 822. The van der Waals surface area contributed by atoms with Gasteiger partial charge in [-0.3, -0.25) is 9.59 Å². The fraction of sp³-hybridized carbons (Fsp3) is 0.444. The van der Waals surface area contributed by atoms with Crippen molar-refractivity contribution in [3.63, 3.8) is 0 Å². The first-order chi connectivity index (χ1) is 10.9. The molecule has 1 unspecified atom stereocenters. The van der Waals surface area contributed by atoms with E-state index in [4.69, 9.17) is 0 Å². The molecule has 3 heterocycles. The number of hydrogen-bond acceptors (Lipinski definition) is 3. The maximum atomic E-state index is 13.3. The number of aromatic nitrogens is 1. The monoisotopic (exact) mass is 328 g/mol. The summed E-state index contributed by atoms with van der Waals surface area (Å²) in [6.07, 6.45) is 3.42. The highest BCUT2D eigenvalue weighted by molar-refractivity contribution is 7.10. The summed E-state index contributed by atoms with van der Waals surface area (Å²) in [6.45, 7) is 5.65. The number of aromatic amines is 1. The number of pyridine rings is 1. The van der Waals surface area contributed by atoms with Crippen LogP contribution in [0.25, 0.3) is 0 Å². The maximum Gasteiger partial charge on any atom is 0.248 e. The number of nitrogens with one attached hydrogen (secondary N) is 1. The van der Waals surface area contributed by atoms with Gasteiger partial charge in [0.25, 0.3) is 0 Å². The zero-order valence-corrected chi connectivity index (χ0v) is 14.2. The van der Waals surface area contributed by atoms with Crippen molar-refractivity contribution in [2.24, 2.45) is 5.41 Å². The maximum absolute atomic E-state index is 13.3. The Kier molecular flexibility index (Phi) is 3.07. The van der Waals surface area contributed by atoms with Gasteiger partial charge in [0.2, 0.25) is 11.5 Å². The molecular weight excluding hydrogens is 308 g/mol. The van der Waals surface area contributed by atoms with Crippen LogP contribution < -0.4 is 5.56 Å². The van der Waals surface area contributed by atoms with Crippen molar-refractivity contribution in [2.75, 3.05) is 6.54 Å². The Morgan fingerprint density at radius 1 is 1.35 bits per heavy atom. The van der Waals surface area contributed by atoms with Crippen LogP contribution in [0.2, 0.25) is 0 Å². The van der Waals surface area contributed by atoms with Crippen LogP contribution in [-0.4, -0.2) is 22.3 Å². The molecule has 0 saturated heterocycles. The minimum absolute atomic E-state index is 0.0141. The highest BCUT2D eigenvalue weighted by Crippen LogP contribution is 2.66. The van der Waals surface area contributed by atoms with Crippen LogP contribution in [0, 0.1) is 5.41 Å². The van der Waals surface area contributed by atoms with E-state index in [1.807, 2.05) is 11.0 Å². The number of carbonyl (C=O) groups excluding carboxylic acids is 1. The van der Waals surface area contributed by atoms with Crippen molar-refractivity contribution in [1.29, 1.82) is 0 Å². The Labute approximate surface area is 139 Å². The first-order valence-corrected chi connectivity index (χ1v) is 8.86. The molecule has 23 heavy (non-hydrogen) atoms. The third-order valence-electron chi connectivity index (χ3n) is 5.45. The summed E-state index contributed by atoms with van der Waals surface area (Å²) in [5.74, 6) is 0.238. The van der Waals surface area contributed by atoms with Gasteiger partial charge in [0, 0.05) is 30.2 Å². The van der Waals surface area contributed by atoms with E-state index in [9.17, 15) is 9.59 Å². The lowest BCUT2D eigenvalue weighted by Crippen LogP contribution is -2.44. The molecule has 1 aliphatic heterocycles. The van der Waals surface area contributed by atoms with E-state index in [1.54, 1.807) is 23.6 Å². The predicted octanol–water partition coefficient (Wildman–Crippen LogP) is 2.69. The summed E-state index contributed by atoms with van der Waals surface area (Å²) in [5.41, 5.74) is 1.71. The molecule has 4 nitrogen and oxygen atoms in total. The van der Waals surface area contributed by atoms with E-state index in [1.165, 1.54) is 4.88 Å². The van der Waals surface area contributed by atoms with Crippen molar-refractivity contribution in [3.8, 4) is 0 Å². The van der Waals surface area contributed by atoms with E-state index in [0.29, 0.717) is 13.1 Å². The Balaban J connectivity index is 1.65. The van der Waals surface area contributed by atoms with Crippen LogP contribution in [0.3, 0.4) is 0 Å². The van der Waals surface area contributed by atoms with Crippen LogP contribution >= 0.6 is 11.3 Å². The molecule has 1 saturated carbocycles. The molecule has 4 rings (SSSR count). The first kappa shape index (κ1) is 14.7. The van der Waals surface area contributed by atoms with Crippen molar-refractivity contribution >= 4 is 17.2 Å². The van der Waals surface area contributed by atoms with E-state index in [-0.39, 0.29) is 22.3 Å². The van der Waals surface area contributed by atoms with Crippen LogP contribution in [0.15, 0.2) is 34.6 Å². The summed E-state index contributed by atoms with van der Waals surface area (Å²) < 4.78 is 0. The van der Waals surface area contributed by atoms with Crippen LogP contribution in [0.1, 0.15) is 36.3 Å². The van der Waals surface area contributed by atoms with Gasteiger partial charge in [0.15, 0.2) is 0 Å². The molecule has 0 spiro atoms. The lowest BCUT2D eigenvalue weighted by molar-refractivity contribution is -0.135. The average Bonchev–Trinajstić information content (AvgIpc) is 2.91. The number of amides is 1. The highest BCUT2D eigenvalue weighted by Gasteiger charge is 2.68. The zero-order chi connectivity index (χ0) is 16.2. The summed E-state index contributed by atoms with van der Waals surface area (Å²) in [7, 11) is 0. The summed E-state index contributed by atoms with van der Waals surface area (Å²) in [4.78, 5) is 30.6. The predicted molar refractivity (Wildman–Crippen MR) is 90.6 cm³/mol. The quantitative estimate of drug-likeness (QED) is 0.921. The molecule has 2 aromatic heterocycles. The third kappa shape index (κ3) is 2.10. The average molecular weight is 328 g/mol. The van der Waals surface area contributed by atoms with Crippen molar-refractivity contribution in [1.82, 2.24) is 9.88 Å². The van der Waals surface area contributed by atoms with Gasteiger partial charge >= 0.3 is 0 Å². The molecule has 0 aromatic carbocycles. The molecule has 120 valence electrons. The Morgan fingerprint density at radius 2 is 2.13 bits per heavy atom. The normalized spacial score (nSPS) is 25.0. The molecule has 1 amide bonds. The molecular formula is C18H20N2O2S. The van der Waals surface area contributed by atoms with E-state index < -0.39 is 0 Å². The van der Waals surface area contributed by atoms with Gasteiger partial charge in [0.1, 0.15) is 0 Å². The second kappa shape index (κ2) is 4.81. The lowest BCUT2D eigenvalue weighted by atomic mass is 9.91. The van der Waals surface area contributed by atoms with E-state index in [2.05, 4.69) is 30.3 Å². The number of nitrogens with zero attached hydrogens (tertiary/aromatic N) is 1. The lowest BCUT2D eigenvalue weighted by Gasteiger charge is -2.33. The van der Waals surface area contributed by atoms with Gasteiger partial charge in [-0.25, -0.2) is 0 Å². The fourth-order valence-corrected chi connectivity index (χ4v) is 5.04. The second-order valence-corrected chi connectivity index (χ2v) is 8.22. The number of fused-ring (bicyclic) bond motifs is 1. The first-order valence-electron chi connectivity index (χ1n) is 7.98. The topological polar surface area (TPSA) is 53.2 Å². The fourth-order valence-electron chi connectivity index (χ4n) is 3.94. The van der Waals surface area contributed by atoms with Crippen molar-refractivity contribution < 1.29 is 4.79 Å². The largest absolute Gasteiger partial charge is 0.337 e. The smallest absolute Gasteiger partial charge is 0.248 e.